The molecule has 0 bridgehead atoms. The van der Waals surface area contributed by atoms with Crippen molar-refractivity contribution in [3.8, 4) is 0 Å². The van der Waals surface area contributed by atoms with E-state index in [1.165, 1.54) is 17.6 Å². The Morgan fingerprint density at radius 1 is 1.56 bits per heavy atom. The Kier molecular flexibility index (Phi) is 4.42. The normalized spacial score (nSPS) is 14.3. The number of carboxylic acids is 1. The third-order valence-electron chi connectivity index (χ3n) is 2.17. The van der Waals surface area contributed by atoms with Crippen molar-refractivity contribution < 1.29 is 14.1 Å². The molecule has 0 spiro atoms. The van der Waals surface area contributed by atoms with E-state index < -0.39 is 22.0 Å². The van der Waals surface area contributed by atoms with Gasteiger partial charge in [-0.05, 0) is 13.0 Å². The van der Waals surface area contributed by atoms with Crippen molar-refractivity contribution in [1.82, 2.24) is 4.57 Å². The van der Waals surface area contributed by atoms with Gasteiger partial charge in [-0.3, -0.25) is 13.8 Å². The average Bonchev–Trinajstić information content (AvgIpc) is 2.26. The first-order valence-electron chi connectivity index (χ1n) is 4.78. The van der Waals surface area contributed by atoms with E-state index in [9.17, 15) is 13.8 Å². The number of nitrogens with zero attached hydrogens (tertiary/aromatic N) is 1. The quantitative estimate of drug-likeness (QED) is 0.794. The van der Waals surface area contributed by atoms with Gasteiger partial charge in [0.2, 0.25) is 0 Å². The van der Waals surface area contributed by atoms with Gasteiger partial charge in [0.25, 0.3) is 5.56 Å². The largest absolute Gasteiger partial charge is 0.480 e. The molecule has 0 aliphatic rings. The summed E-state index contributed by atoms with van der Waals surface area (Å²) in [7, 11) is -1.46. The van der Waals surface area contributed by atoms with Crippen LogP contribution in [-0.4, -0.2) is 30.9 Å². The van der Waals surface area contributed by atoms with Crippen molar-refractivity contribution in [2.75, 3.05) is 5.75 Å². The first kappa shape index (κ1) is 12.6. The highest BCUT2D eigenvalue weighted by Crippen LogP contribution is 1.97. The van der Waals surface area contributed by atoms with E-state index in [0.29, 0.717) is 0 Å². The maximum Gasteiger partial charge on any atom is 0.318 e. The summed E-state index contributed by atoms with van der Waals surface area (Å²) >= 11 is 0. The highest BCUT2D eigenvalue weighted by molar-refractivity contribution is 7.86. The summed E-state index contributed by atoms with van der Waals surface area (Å²) in [6.45, 7) is 1.66. The maximum atomic E-state index is 11.5. The highest BCUT2D eigenvalue weighted by atomic mass is 32.2. The number of hydrogen-bond donors (Lipinski definition) is 1. The van der Waals surface area contributed by atoms with E-state index in [2.05, 4.69) is 0 Å². The molecule has 1 N–H and O–H groups in total. The zero-order valence-corrected chi connectivity index (χ0v) is 9.64. The summed E-state index contributed by atoms with van der Waals surface area (Å²) in [5, 5.41) is 7.74. The first-order valence-corrected chi connectivity index (χ1v) is 6.16. The number of carbonyl (C=O) groups is 1. The second-order valence-electron chi connectivity index (χ2n) is 3.30. The average molecular weight is 243 g/mol. The molecular formula is C10H13NO4S. The number of hydrogen-bond acceptors (Lipinski definition) is 3. The molecule has 88 valence electrons. The lowest BCUT2D eigenvalue weighted by atomic mass is 10.5. The molecule has 0 aliphatic carbocycles. The van der Waals surface area contributed by atoms with Gasteiger partial charge in [-0.2, -0.15) is 0 Å². The maximum absolute atomic E-state index is 11.5. The summed E-state index contributed by atoms with van der Waals surface area (Å²) in [5.74, 6) is -0.920. The molecule has 2 atom stereocenters. The minimum atomic E-state index is -1.46. The van der Waals surface area contributed by atoms with Crippen LogP contribution < -0.4 is 5.56 Å². The molecule has 0 saturated carbocycles. The number of rotatable bonds is 5. The molecule has 0 aliphatic heterocycles. The topological polar surface area (TPSA) is 76.4 Å². The zero-order chi connectivity index (χ0) is 12.1. The van der Waals surface area contributed by atoms with Crippen LogP contribution >= 0.6 is 0 Å². The van der Waals surface area contributed by atoms with Crippen LogP contribution in [0.2, 0.25) is 0 Å². The number of aromatic nitrogens is 1. The molecule has 0 aromatic carbocycles. The summed E-state index contributed by atoms with van der Waals surface area (Å²) in [6.07, 6.45) is 1.59. The van der Waals surface area contributed by atoms with Gasteiger partial charge in [-0.25, -0.2) is 0 Å². The second-order valence-corrected chi connectivity index (χ2v) is 5.17. The molecule has 0 radical (unpaired) electrons. The zero-order valence-electron chi connectivity index (χ0n) is 8.83. The molecular weight excluding hydrogens is 230 g/mol. The van der Waals surface area contributed by atoms with Gasteiger partial charge in [-0.1, -0.05) is 6.07 Å². The fourth-order valence-electron chi connectivity index (χ4n) is 1.12. The minimum Gasteiger partial charge on any atom is -0.480 e. The third kappa shape index (κ3) is 3.30. The first-order chi connectivity index (χ1) is 7.52. The molecule has 1 aromatic rings. The SMILES string of the molecule is CC(C(=O)O)S(=O)CCn1ccccc1=O. The van der Waals surface area contributed by atoms with Crippen LogP contribution in [0.1, 0.15) is 6.92 Å². The Morgan fingerprint density at radius 3 is 2.81 bits per heavy atom. The van der Waals surface area contributed by atoms with Crippen molar-refractivity contribution in [3.05, 3.63) is 34.7 Å². The van der Waals surface area contributed by atoms with Crippen LogP contribution in [0.4, 0.5) is 0 Å². The summed E-state index contributed by atoms with van der Waals surface area (Å²) in [4.78, 5) is 21.8. The van der Waals surface area contributed by atoms with E-state index in [4.69, 9.17) is 5.11 Å². The van der Waals surface area contributed by atoms with E-state index in [1.807, 2.05) is 0 Å². The van der Waals surface area contributed by atoms with Gasteiger partial charge >= 0.3 is 5.97 Å². The van der Waals surface area contributed by atoms with Gasteiger partial charge in [-0.15, -0.1) is 0 Å². The molecule has 0 saturated heterocycles. The molecule has 16 heavy (non-hydrogen) atoms. The number of aliphatic carboxylic acids is 1. The summed E-state index contributed by atoms with van der Waals surface area (Å²) in [5.41, 5.74) is -0.178. The minimum absolute atomic E-state index is 0.164. The van der Waals surface area contributed by atoms with Gasteiger partial charge in [0.15, 0.2) is 0 Å². The van der Waals surface area contributed by atoms with Crippen LogP contribution in [0.15, 0.2) is 29.2 Å². The lowest BCUT2D eigenvalue weighted by Gasteiger charge is -2.07. The van der Waals surface area contributed by atoms with Gasteiger partial charge in [0.1, 0.15) is 5.25 Å². The van der Waals surface area contributed by atoms with Crippen LogP contribution in [0, 0.1) is 0 Å². The number of pyridine rings is 1. The molecule has 0 amide bonds. The smallest absolute Gasteiger partial charge is 0.318 e. The van der Waals surface area contributed by atoms with Crippen molar-refractivity contribution >= 4 is 16.8 Å². The lowest BCUT2D eigenvalue weighted by molar-refractivity contribution is -0.136. The molecule has 2 unspecified atom stereocenters. The molecule has 1 heterocycles. The van der Waals surface area contributed by atoms with E-state index in [0.717, 1.165) is 0 Å². The van der Waals surface area contributed by atoms with Crippen LogP contribution in [0.5, 0.6) is 0 Å². The van der Waals surface area contributed by atoms with Crippen molar-refractivity contribution in [2.45, 2.75) is 18.7 Å². The second kappa shape index (κ2) is 5.60. The van der Waals surface area contributed by atoms with E-state index in [-0.39, 0.29) is 17.9 Å². The molecule has 1 aromatic heterocycles. The lowest BCUT2D eigenvalue weighted by Crippen LogP contribution is -2.27. The predicted molar refractivity (Wildman–Crippen MR) is 60.8 cm³/mol. The predicted octanol–water partition coefficient (Wildman–Crippen LogP) is 0.0701. The van der Waals surface area contributed by atoms with Crippen molar-refractivity contribution in [3.63, 3.8) is 0 Å². The van der Waals surface area contributed by atoms with E-state index in [1.54, 1.807) is 18.3 Å². The third-order valence-corrected chi connectivity index (χ3v) is 3.75. The van der Waals surface area contributed by atoms with Crippen LogP contribution in [0.25, 0.3) is 0 Å². The van der Waals surface area contributed by atoms with Gasteiger partial charge < -0.3 is 9.67 Å². The Hall–Kier alpha value is -1.43. The number of carboxylic acid groups (broad SMARTS) is 1. The fourth-order valence-corrected chi connectivity index (χ4v) is 2.08. The van der Waals surface area contributed by atoms with Gasteiger partial charge in [0, 0.05) is 35.4 Å². The molecule has 0 fully saturated rings. The Balaban J connectivity index is 2.59. The highest BCUT2D eigenvalue weighted by Gasteiger charge is 2.18. The molecule has 6 heteroatoms. The summed E-state index contributed by atoms with van der Waals surface area (Å²) in [6, 6.07) is 4.73. The fraction of sp³-hybridized carbons (Fsp3) is 0.400. The molecule has 1 rings (SSSR count). The molecule has 5 nitrogen and oxygen atoms in total. The standard InChI is InChI=1S/C10H13NO4S/c1-8(10(13)14)16(15)7-6-11-5-3-2-4-9(11)12/h2-5,8H,6-7H2,1H3,(H,13,14). The Bertz CT molecular complexity index is 454. The van der Waals surface area contributed by atoms with Gasteiger partial charge in [0.05, 0.1) is 0 Å². The summed E-state index contributed by atoms with van der Waals surface area (Å²) < 4.78 is 12.9. The van der Waals surface area contributed by atoms with E-state index >= 15 is 0 Å². The van der Waals surface area contributed by atoms with Crippen molar-refractivity contribution in [1.29, 1.82) is 0 Å². The van der Waals surface area contributed by atoms with Crippen LogP contribution in [-0.2, 0) is 22.1 Å². The Labute approximate surface area is 95.2 Å². The number of aryl methyl sites for hydroxylation is 1. The Morgan fingerprint density at radius 2 is 2.25 bits per heavy atom. The van der Waals surface area contributed by atoms with Crippen LogP contribution in [0.3, 0.4) is 0 Å². The van der Waals surface area contributed by atoms with Crippen molar-refractivity contribution in [2.24, 2.45) is 0 Å². The monoisotopic (exact) mass is 243 g/mol.